The van der Waals surface area contributed by atoms with Crippen molar-refractivity contribution >= 4 is 5.91 Å². The van der Waals surface area contributed by atoms with Crippen molar-refractivity contribution in [2.75, 3.05) is 13.2 Å². The summed E-state index contributed by atoms with van der Waals surface area (Å²) >= 11 is 0. The van der Waals surface area contributed by atoms with Crippen molar-refractivity contribution in [2.24, 2.45) is 17.6 Å². The van der Waals surface area contributed by atoms with Gasteiger partial charge in [0.25, 0.3) is 0 Å². The molecule has 0 aliphatic carbocycles. The van der Waals surface area contributed by atoms with Crippen LogP contribution in [0.25, 0.3) is 0 Å². The average Bonchev–Trinajstić information content (AvgIpc) is 2.36. The van der Waals surface area contributed by atoms with E-state index in [0.717, 1.165) is 6.54 Å². The van der Waals surface area contributed by atoms with Crippen LogP contribution in [0.3, 0.4) is 0 Å². The van der Waals surface area contributed by atoms with Crippen LogP contribution in [-0.4, -0.2) is 19.1 Å². The van der Waals surface area contributed by atoms with Crippen LogP contribution in [0.2, 0.25) is 0 Å². The summed E-state index contributed by atoms with van der Waals surface area (Å²) in [6, 6.07) is 2.45. The van der Waals surface area contributed by atoms with Crippen LogP contribution in [0.15, 0.2) is 12.1 Å². The van der Waals surface area contributed by atoms with Gasteiger partial charge in [-0.3, -0.25) is 4.79 Å². The van der Waals surface area contributed by atoms with Crippen molar-refractivity contribution in [1.29, 1.82) is 0 Å². The maximum atomic E-state index is 13.8. The SMILES string of the molecule is CC(C)CNCc1cc(F)c(OCC(C)C(N)=O)c(F)c1. The lowest BCUT2D eigenvalue weighted by Gasteiger charge is -2.13. The molecule has 0 saturated carbocycles. The molecule has 1 rings (SSSR count). The number of amides is 1. The summed E-state index contributed by atoms with van der Waals surface area (Å²) in [5.41, 5.74) is 5.57. The maximum absolute atomic E-state index is 13.8. The number of benzene rings is 1. The minimum Gasteiger partial charge on any atom is -0.487 e. The fraction of sp³-hybridized carbons (Fsp3) is 0.533. The zero-order valence-corrected chi connectivity index (χ0v) is 12.6. The Hall–Kier alpha value is -1.69. The molecule has 0 saturated heterocycles. The summed E-state index contributed by atoms with van der Waals surface area (Å²) < 4.78 is 32.7. The third-order valence-corrected chi connectivity index (χ3v) is 2.90. The topological polar surface area (TPSA) is 64.3 Å². The van der Waals surface area contributed by atoms with E-state index in [1.54, 1.807) is 0 Å². The molecule has 0 bridgehead atoms. The number of primary amides is 1. The molecule has 4 nitrogen and oxygen atoms in total. The summed E-state index contributed by atoms with van der Waals surface area (Å²) in [5.74, 6) is -2.78. The Kier molecular flexibility index (Phi) is 6.55. The van der Waals surface area contributed by atoms with E-state index in [-0.39, 0.29) is 6.61 Å². The molecule has 1 aromatic carbocycles. The van der Waals surface area contributed by atoms with Gasteiger partial charge < -0.3 is 15.8 Å². The van der Waals surface area contributed by atoms with E-state index >= 15 is 0 Å². The highest BCUT2D eigenvalue weighted by Crippen LogP contribution is 2.24. The third-order valence-electron chi connectivity index (χ3n) is 2.90. The maximum Gasteiger partial charge on any atom is 0.223 e. The molecule has 0 heterocycles. The van der Waals surface area contributed by atoms with Gasteiger partial charge in [0, 0.05) is 6.54 Å². The molecule has 21 heavy (non-hydrogen) atoms. The van der Waals surface area contributed by atoms with Crippen LogP contribution in [0.1, 0.15) is 26.3 Å². The predicted molar refractivity (Wildman–Crippen MR) is 76.8 cm³/mol. The van der Waals surface area contributed by atoms with Gasteiger partial charge in [0.05, 0.1) is 12.5 Å². The van der Waals surface area contributed by atoms with E-state index in [4.69, 9.17) is 10.5 Å². The minimum absolute atomic E-state index is 0.159. The molecule has 118 valence electrons. The molecule has 0 fully saturated rings. The smallest absolute Gasteiger partial charge is 0.223 e. The Morgan fingerprint density at radius 1 is 1.29 bits per heavy atom. The molecular weight excluding hydrogens is 278 g/mol. The second-order valence-corrected chi connectivity index (χ2v) is 5.53. The lowest BCUT2D eigenvalue weighted by molar-refractivity contribution is -0.122. The Balaban J connectivity index is 2.69. The van der Waals surface area contributed by atoms with Crippen LogP contribution < -0.4 is 15.8 Å². The van der Waals surface area contributed by atoms with E-state index in [0.29, 0.717) is 18.0 Å². The standard InChI is InChI=1S/C15H22F2N2O2/c1-9(2)6-19-7-11-4-12(16)14(13(17)5-11)21-8-10(3)15(18)20/h4-5,9-10,19H,6-8H2,1-3H3,(H2,18,20). The number of hydrogen-bond acceptors (Lipinski definition) is 3. The average molecular weight is 300 g/mol. The Morgan fingerprint density at radius 3 is 2.33 bits per heavy atom. The Labute approximate surface area is 123 Å². The van der Waals surface area contributed by atoms with Crippen molar-refractivity contribution in [2.45, 2.75) is 27.3 Å². The van der Waals surface area contributed by atoms with Gasteiger partial charge in [0.1, 0.15) is 0 Å². The molecule has 0 aromatic heterocycles. The van der Waals surface area contributed by atoms with E-state index in [9.17, 15) is 13.6 Å². The zero-order chi connectivity index (χ0) is 16.0. The summed E-state index contributed by atoms with van der Waals surface area (Å²) in [7, 11) is 0. The number of halogens is 2. The number of hydrogen-bond donors (Lipinski definition) is 2. The predicted octanol–water partition coefficient (Wildman–Crippen LogP) is 2.21. The molecule has 6 heteroatoms. The first kappa shape index (κ1) is 17.4. The minimum atomic E-state index is -0.784. The van der Waals surface area contributed by atoms with E-state index in [1.165, 1.54) is 19.1 Å². The van der Waals surface area contributed by atoms with Crippen LogP contribution in [-0.2, 0) is 11.3 Å². The molecule has 1 aromatic rings. The Morgan fingerprint density at radius 2 is 1.86 bits per heavy atom. The van der Waals surface area contributed by atoms with E-state index < -0.39 is 29.2 Å². The first-order valence-corrected chi connectivity index (χ1v) is 6.92. The molecule has 1 atom stereocenters. The van der Waals surface area contributed by atoms with Crippen LogP contribution in [0.4, 0.5) is 8.78 Å². The van der Waals surface area contributed by atoms with Crippen LogP contribution >= 0.6 is 0 Å². The van der Waals surface area contributed by atoms with Crippen molar-refractivity contribution < 1.29 is 18.3 Å². The van der Waals surface area contributed by atoms with Crippen LogP contribution in [0.5, 0.6) is 5.75 Å². The third kappa shape index (κ3) is 5.67. The van der Waals surface area contributed by atoms with Crippen molar-refractivity contribution in [1.82, 2.24) is 5.32 Å². The molecule has 1 amide bonds. The Bertz CT molecular complexity index is 470. The van der Waals surface area contributed by atoms with Crippen molar-refractivity contribution in [3.8, 4) is 5.75 Å². The summed E-state index contributed by atoms with van der Waals surface area (Å²) in [6.07, 6.45) is 0. The first-order valence-electron chi connectivity index (χ1n) is 6.92. The van der Waals surface area contributed by atoms with Gasteiger partial charge >= 0.3 is 0 Å². The van der Waals surface area contributed by atoms with E-state index in [2.05, 4.69) is 5.32 Å². The molecule has 3 N–H and O–H groups in total. The molecule has 0 aliphatic heterocycles. The number of nitrogens with two attached hydrogens (primary N) is 1. The van der Waals surface area contributed by atoms with Gasteiger partial charge in [-0.2, -0.15) is 0 Å². The summed E-state index contributed by atoms with van der Waals surface area (Å²) in [5, 5.41) is 3.10. The van der Waals surface area contributed by atoms with Gasteiger partial charge in [-0.15, -0.1) is 0 Å². The fourth-order valence-corrected chi connectivity index (χ4v) is 1.65. The fourth-order valence-electron chi connectivity index (χ4n) is 1.65. The number of carbonyl (C=O) groups is 1. The molecule has 0 radical (unpaired) electrons. The van der Waals surface area contributed by atoms with Crippen molar-refractivity contribution in [3.05, 3.63) is 29.3 Å². The number of nitrogens with one attached hydrogen (secondary N) is 1. The van der Waals surface area contributed by atoms with E-state index in [1.807, 2.05) is 13.8 Å². The second-order valence-electron chi connectivity index (χ2n) is 5.53. The number of rotatable bonds is 8. The normalized spacial score (nSPS) is 12.5. The second kappa shape index (κ2) is 7.93. The van der Waals surface area contributed by atoms with Gasteiger partial charge in [-0.05, 0) is 30.2 Å². The first-order chi connectivity index (χ1) is 9.81. The summed E-state index contributed by atoms with van der Waals surface area (Å²) in [4.78, 5) is 10.9. The number of carbonyl (C=O) groups excluding carboxylic acids is 1. The molecule has 0 aliphatic rings. The van der Waals surface area contributed by atoms with Crippen LogP contribution in [0, 0.1) is 23.5 Å². The molecule has 1 unspecified atom stereocenters. The molecular formula is C15H22F2N2O2. The van der Waals surface area contributed by atoms with Crippen molar-refractivity contribution in [3.63, 3.8) is 0 Å². The van der Waals surface area contributed by atoms with Gasteiger partial charge in [-0.25, -0.2) is 8.78 Å². The largest absolute Gasteiger partial charge is 0.487 e. The lowest BCUT2D eigenvalue weighted by Crippen LogP contribution is -2.26. The number of ether oxygens (including phenoxy) is 1. The molecule has 0 spiro atoms. The highest BCUT2D eigenvalue weighted by molar-refractivity contribution is 5.76. The highest BCUT2D eigenvalue weighted by Gasteiger charge is 2.16. The van der Waals surface area contributed by atoms with Gasteiger partial charge in [0.2, 0.25) is 5.91 Å². The monoisotopic (exact) mass is 300 g/mol. The zero-order valence-electron chi connectivity index (χ0n) is 12.6. The highest BCUT2D eigenvalue weighted by atomic mass is 19.1. The lowest BCUT2D eigenvalue weighted by atomic mass is 10.1. The quantitative estimate of drug-likeness (QED) is 0.773. The van der Waals surface area contributed by atoms with Gasteiger partial charge in [-0.1, -0.05) is 20.8 Å². The summed E-state index contributed by atoms with van der Waals surface area (Å²) in [6.45, 7) is 6.61. The van der Waals surface area contributed by atoms with Gasteiger partial charge in [0.15, 0.2) is 17.4 Å².